The van der Waals surface area contributed by atoms with Crippen molar-refractivity contribution in [3.63, 3.8) is 0 Å². The largest absolute Gasteiger partial charge is 0.352 e. The van der Waals surface area contributed by atoms with Crippen LogP contribution in [0.15, 0.2) is 24.3 Å². The first-order valence-corrected chi connectivity index (χ1v) is 10.2. The first-order chi connectivity index (χ1) is 13.9. The van der Waals surface area contributed by atoms with E-state index in [1.807, 2.05) is 49.4 Å². The van der Waals surface area contributed by atoms with Gasteiger partial charge in [-0.05, 0) is 32.4 Å². The highest BCUT2D eigenvalue weighted by molar-refractivity contribution is 5.91. The molecule has 4 rings (SSSR count). The van der Waals surface area contributed by atoms with Gasteiger partial charge in [-0.25, -0.2) is 14.6 Å². The number of piperazine rings is 1. The minimum atomic E-state index is 0.0316. The molecule has 0 spiro atoms. The van der Waals surface area contributed by atoms with Crippen LogP contribution in [0.4, 0.5) is 5.82 Å². The predicted molar refractivity (Wildman–Crippen MR) is 115 cm³/mol. The topological polar surface area (TPSA) is 67.2 Å². The lowest BCUT2D eigenvalue weighted by Gasteiger charge is -2.36. The summed E-state index contributed by atoms with van der Waals surface area (Å²) in [6, 6.07) is 8.19. The van der Waals surface area contributed by atoms with E-state index in [0.29, 0.717) is 13.1 Å². The van der Waals surface area contributed by atoms with Crippen LogP contribution in [-0.4, -0.2) is 56.7 Å². The van der Waals surface area contributed by atoms with E-state index < -0.39 is 0 Å². The van der Waals surface area contributed by atoms with Gasteiger partial charge >= 0.3 is 0 Å². The van der Waals surface area contributed by atoms with Crippen molar-refractivity contribution in [1.29, 1.82) is 0 Å². The summed E-state index contributed by atoms with van der Waals surface area (Å²) in [6.45, 7) is 12.9. The lowest BCUT2D eigenvalue weighted by molar-refractivity contribution is -0.134. The van der Waals surface area contributed by atoms with Crippen molar-refractivity contribution in [2.45, 2.75) is 34.6 Å². The first kappa shape index (κ1) is 19.4. The Balaban J connectivity index is 1.74. The number of aromatic nitrogens is 4. The molecule has 0 N–H and O–H groups in total. The number of anilines is 1. The van der Waals surface area contributed by atoms with Gasteiger partial charge in [0.05, 0.1) is 16.8 Å². The summed E-state index contributed by atoms with van der Waals surface area (Å²) < 4.78 is 1.93. The van der Waals surface area contributed by atoms with E-state index in [-0.39, 0.29) is 11.8 Å². The molecule has 1 saturated heterocycles. The van der Waals surface area contributed by atoms with Crippen LogP contribution in [0.2, 0.25) is 0 Å². The molecule has 7 heteroatoms. The maximum atomic E-state index is 12.3. The highest BCUT2D eigenvalue weighted by atomic mass is 16.2. The number of rotatable bonds is 3. The average molecular weight is 393 g/mol. The van der Waals surface area contributed by atoms with Crippen LogP contribution in [0.5, 0.6) is 0 Å². The summed E-state index contributed by atoms with van der Waals surface area (Å²) in [7, 11) is 0. The van der Waals surface area contributed by atoms with Gasteiger partial charge in [-0.3, -0.25) is 4.79 Å². The number of amides is 1. The maximum absolute atomic E-state index is 12.3. The van der Waals surface area contributed by atoms with Crippen molar-refractivity contribution in [2.75, 3.05) is 31.1 Å². The van der Waals surface area contributed by atoms with Crippen LogP contribution in [0.1, 0.15) is 30.9 Å². The molecule has 29 heavy (non-hydrogen) atoms. The number of carbonyl (C=O) groups excluding carboxylic acids is 1. The van der Waals surface area contributed by atoms with Gasteiger partial charge in [-0.15, -0.1) is 0 Å². The highest BCUT2D eigenvalue weighted by Crippen LogP contribution is 2.30. The normalized spacial score (nSPS) is 14.8. The summed E-state index contributed by atoms with van der Waals surface area (Å²) in [4.78, 5) is 26.1. The molecular formula is C22H28N6O. The number of carbonyl (C=O) groups is 1. The van der Waals surface area contributed by atoms with Crippen molar-refractivity contribution in [3.8, 4) is 5.69 Å². The van der Waals surface area contributed by atoms with Crippen LogP contribution in [0.25, 0.3) is 16.7 Å². The molecule has 3 heterocycles. The molecule has 3 aromatic rings. The number of aryl methyl sites for hydroxylation is 3. The van der Waals surface area contributed by atoms with E-state index in [1.165, 1.54) is 0 Å². The van der Waals surface area contributed by atoms with E-state index >= 15 is 0 Å². The lowest BCUT2D eigenvalue weighted by atomic mass is 10.1. The van der Waals surface area contributed by atoms with Gasteiger partial charge in [0, 0.05) is 32.1 Å². The van der Waals surface area contributed by atoms with Crippen molar-refractivity contribution in [1.82, 2.24) is 24.6 Å². The fourth-order valence-electron chi connectivity index (χ4n) is 3.97. The van der Waals surface area contributed by atoms with Crippen LogP contribution in [0.3, 0.4) is 0 Å². The Labute approximate surface area is 171 Å². The SMILES string of the molecule is Cc1nc(N2CCN(C(=O)C(C)C)CC2)c2c(C)nn(-c3ccccc3C)c2n1. The molecule has 0 radical (unpaired) electrons. The van der Waals surface area contributed by atoms with E-state index in [0.717, 1.165) is 52.7 Å². The van der Waals surface area contributed by atoms with Crippen molar-refractivity contribution < 1.29 is 4.79 Å². The second-order valence-electron chi connectivity index (χ2n) is 8.04. The molecule has 0 saturated carbocycles. The van der Waals surface area contributed by atoms with Gasteiger partial charge < -0.3 is 9.80 Å². The Morgan fingerprint density at radius 1 is 1.00 bits per heavy atom. The molecule has 0 aliphatic carbocycles. The molecule has 1 aromatic carbocycles. The van der Waals surface area contributed by atoms with Crippen molar-refractivity contribution in [2.24, 2.45) is 5.92 Å². The van der Waals surface area contributed by atoms with Gasteiger partial charge in [0.15, 0.2) is 5.65 Å². The summed E-state index contributed by atoms with van der Waals surface area (Å²) in [5.41, 5.74) is 3.93. The molecule has 152 valence electrons. The highest BCUT2D eigenvalue weighted by Gasteiger charge is 2.26. The van der Waals surface area contributed by atoms with Gasteiger partial charge in [-0.1, -0.05) is 32.0 Å². The summed E-state index contributed by atoms with van der Waals surface area (Å²) in [6.07, 6.45) is 0. The average Bonchev–Trinajstić information content (AvgIpc) is 3.03. The number of hydrogen-bond donors (Lipinski definition) is 0. The fraction of sp³-hybridized carbons (Fsp3) is 0.455. The van der Waals surface area contributed by atoms with Gasteiger partial charge in [0.2, 0.25) is 5.91 Å². The zero-order chi connectivity index (χ0) is 20.7. The lowest BCUT2D eigenvalue weighted by Crippen LogP contribution is -2.50. The second kappa shape index (κ2) is 7.46. The minimum Gasteiger partial charge on any atom is -0.352 e. The van der Waals surface area contributed by atoms with Crippen molar-refractivity contribution in [3.05, 3.63) is 41.3 Å². The molecule has 0 atom stereocenters. The Morgan fingerprint density at radius 3 is 2.34 bits per heavy atom. The van der Waals surface area contributed by atoms with Crippen LogP contribution >= 0.6 is 0 Å². The Bertz CT molecular complexity index is 1060. The Hall–Kier alpha value is -2.96. The molecule has 0 unspecified atom stereocenters. The number of nitrogens with zero attached hydrogens (tertiary/aromatic N) is 6. The molecule has 1 fully saturated rings. The van der Waals surface area contributed by atoms with Gasteiger partial charge in [-0.2, -0.15) is 5.10 Å². The number of benzene rings is 1. The molecule has 7 nitrogen and oxygen atoms in total. The van der Waals surface area contributed by atoms with Crippen LogP contribution in [-0.2, 0) is 4.79 Å². The maximum Gasteiger partial charge on any atom is 0.225 e. The zero-order valence-electron chi connectivity index (χ0n) is 17.8. The molecule has 1 amide bonds. The Morgan fingerprint density at radius 2 is 1.69 bits per heavy atom. The predicted octanol–water partition coefficient (Wildman–Crippen LogP) is 3.05. The second-order valence-corrected chi connectivity index (χ2v) is 8.04. The quantitative estimate of drug-likeness (QED) is 0.685. The van der Waals surface area contributed by atoms with E-state index in [2.05, 4.69) is 24.0 Å². The molecular weight excluding hydrogens is 364 g/mol. The summed E-state index contributed by atoms with van der Waals surface area (Å²) >= 11 is 0. The summed E-state index contributed by atoms with van der Waals surface area (Å²) in [5, 5.41) is 5.80. The zero-order valence-corrected chi connectivity index (χ0v) is 17.8. The van der Waals surface area contributed by atoms with E-state index in [1.54, 1.807) is 0 Å². The van der Waals surface area contributed by atoms with E-state index in [4.69, 9.17) is 15.1 Å². The first-order valence-electron chi connectivity index (χ1n) is 10.2. The minimum absolute atomic E-state index is 0.0316. The van der Waals surface area contributed by atoms with Gasteiger partial charge in [0.25, 0.3) is 0 Å². The third-order valence-corrected chi connectivity index (χ3v) is 5.52. The van der Waals surface area contributed by atoms with Gasteiger partial charge in [0.1, 0.15) is 11.6 Å². The smallest absolute Gasteiger partial charge is 0.225 e. The Kier molecular flexibility index (Phi) is 4.98. The fourth-order valence-corrected chi connectivity index (χ4v) is 3.97. The standard InChI is InChI=1S/C22H28N6O/c1-14(2)22(29)27-12-10-26(11-13-27)20-19-16(4)25-28(21(19)24-17(5)23-20)18-9-7-6-8-15(18)3/h6-9,14H,10-13H2,1-5H3. The van der Waals surface area contributed by atoms with E-state index in [9.17, 15) is 4.79 Å². The number of hydrogen-bond acceptors (Lipinski definition) is 5. The molecule has 1 aliphatic heterocycles. The summed E-state index contributed by atoms with van der Waals surface area (Å²) in [5.74, 6) is 1.89. The molecule has 1 aliphatic rings. The number of para-hydroxylation sites is 1. The third-order valence-electron chi connectivity index (χ3n) is 5.52. The molecule has 0 bridgehead atoms. The third kappa shape index (κ3) is 3.45. The van der Waals surface area contributed by atoms with Crippen LogP contribution in [0, 0.1) is 26.7 Å². The van der Waals surface area contributed by atoms with Crippen molar-refractivity contribution >= 4 is 22.8 Å². The molecule has 2 aromatic heterocycles. The van der Waals surface area contributed by atoms with Crippen LogP contribution < -0.4 is 4.90 Å². The monoisotopic (exact) mass is 392 g/mol. The number of fused-ring (bicyclic) bond motifs is 1.